The number of hydrazone groups is 1. The Bertz CT molecular complexity index is 765. The number of anilines is 2. The summed E-state index contributed by atoms with van der Waals surface area (Å²) in [6.07, 6.45) is 1.76. The second-order valence-electron chi connectivity index (χ2n) is 6.19. The Labute approximate surface area is 153 Å². The molecule has 0 saturated heterocycles. The highest BCUT2D eigenvalue weighted by Gasteiger charge is 2.06. The highest BCUT2D eigenvalue weighted by molar-refractivity contribution is 5.93. The molecular formula is C20H24N4O2. The van der Waals surface area contributed by atoms with E-state index in [9.17, 15) is 9.59 Å². The van der Waals surface area contributed by atoms with Gasteiger partial charge in [-0.15, -0.1) is 0 Å². The SMILES string of the molecule is Cc1ccc(NC(=O)CCC(=O)N/N=C\c2ccc(N(C)C)cc2)cc1. The molecule has 2 rings (SSSR count). The van der Waals surface area contributed by atoms with Gasteiger partial charge in [0, 0.05) is 38.3 Å². The molecule has 0 aliphatic heterocycles. The predicted molar refractivity (Wildman–Crippen MR) is 106 cm³/mol. The number of hydrogen-bond acceptors (Lipinski definition) is 4. The molecule has 2 amide bonds. The molecule has 0 bridgehead atoms. The number of hydrogen-bond donors (Lipinski definition) is 2. The Hall–Kier alpha value is -3.15. The molecule has 0 heterocycles. The van der Waals surface area contributed by atoms with Crippen molar-refractivity contribution in [3.8, 4) is 0 Å². The second kappa shape index (κ2) is 9.36. The second-order valence-corrected chi connectivity index (χ2v) is 6.19. The topological polar surface area (TPSA) is 73.8 Å². The van der Waals surface area contributed by atoms with Gasteiger partial charge in [-0.3, -0.25) is 9.59 Å². The van der Waals surface area contributed by atoms with Gasteiger partial charge in [-0.2, -0.15) is 5.10 Å². The van der Waals surface area contributed by atoms with Crippen molar-refractivity contribution in [2.24, 2.45) is 5.10 Å². The van der Waals surface area contributed by atoms with Crippen LogP contribution in [0, 0.1) is 6.92 Å². The highest BCUT2D eigenvalue weighted by atomic mass is 16.2. The van der Waals surface area contributed by atoms with E-state index in [-0.39, 0.29) is 24.7 Å². The van der Waals surface area contributed by atoms with Crippen LogP contribution in [0.5, 0.6) is 0 Å². The number of nitrogens with one attached hydrogen (secondary N) is 2. The van der Waals surface area contributed by atoms with Crippen LogP contribution in [0.2, 0.25) is 0 Å². The lowest BCUT2D eigenvalue weighted by molar-refractivity contribution is -0.124. The Kier molecular flexibility index (Phi) is 6.91. The number of aryl methyl sites for hydroxylation is 1. The van der Waals surface area contributed by atoms with Crippen LogP contribution in [0.4, 0.5) is 11.4 Å². The largest absolute Gasteiger partial charge is 0.378 e. The van der Waals surface area contributed by atoms with Gasteiger partial charge >= 0.3 is 0 Å². The van der Waals surface area contributed by atoms with E-state index in [4.69, 9.17) is 0 Å². The zero-order chi connectivity index (χ0) is 18.9. The van der Waals surface area contributed by atoms with Gasteiger partial charge in [0.25, 0.3) is 0 Å². The van der Waals surface area contributed by atoms with Crippen molar-refractivity contribution < 1.29 is 9.59 Å². The Morgan fingerprint density at radius 3 is 2.19 bits per heavy atom. The minimum atomic E-state index is -0.301. The number of carbonyl (C=O) groups is 2. The maximum absolute atomic E-state index is 11.9. The molecule has 0 unspecified atom stereocenters. The van der Waals surface area contributed by atoms with E-state index in [0.717, 1.165) is 22.5 Å². The maximum atomic E-state index is 11.9. The first-order chi connectivity index (χ1) is 12.4. The van der Waals surface area contributed by atoms with Crippen LogP contribution in [0.3, 0.4) is 0 Å². The first kappa shape index (κ1) is 19.2. The van der Waals surface area contributed by atoms with E-state index in [1.165, 1.54) is 0 Å². The first-order valence-electron chi connectivity index (χ1n) is 8.40. The summed E-state index contributed by atoms with van der Waals surface area (Å²) in [6.45, 7) is 1.98. The summed E-state index contributed by atoms with van der Waals surface area (Å²) in [4.78, 5) is 25.6. The number of nitrogens with zero attached hydrogens (tertiary/aromatic N) is 2. The average molecular weight is 352 g/mol. The molecule has 0 aromatic heterocycles. The van der Waals surface area contributed by atoms with E-state index >= 15 is 0 Å². The number of benzene rings is 2. The summed E-state index contributed by atoms with van der Waals surface area (Å²) in [6, 6.07) is 15.3. The molecule has 0 aliphatic rings. The lowest BCUT2D eigenvalue weighted by atomic mass is 10.2. The van der Waals surface area contributed by atoms with Crippen molar-refractivity contribution >= 4 is 29.4 Å². The van der Waals surface area contributed by atoms with Crippen LogP contribution in [-0.2, 0) is 9.59 Å². The summed E-state index contributed by atoms with van der Waals surface area (Å²) in [7, 11) is 3.94. The summed E-state index contributed by atoms with van der Waals surface area (Å²) in [5.74, 6) is -0.502. The fourth-order valence-electron chi connectivity index (χ4n) is 2.18. The van der Waals surface area contributed by atoms with Crippen LogP contribution in [0.15, 0.2) is 53.6 Å². The summed E-state index contributed by atoms with van der Waals surface area (Å²) in [5, 5.41) is 6.68. The van der Waals surface area contributed by atoms with Crippen molar-refractivity contribution in [1.82, 2.24) is 5.43 Å². The van der Waals surface area contributed by atoms with Crippen LogP contribution >= 0.6 is 0 Å². The van der Waals surface area contributed by atoms with E-state index in [1.807, 2.05) is 74.4 Å². The summed E-state index contributed by atoms with van der Waals surface area (Å²) < 4.78 is 0. The molecule has 0 aliphatic carbocycles. The lowest BCUT2D eigenvalue weighted by Gasteiger charge is -2.11. The fourth-order valence-corrected chi connectivity index (χ4v) is 2.18. The van der Waals surface area contributed by atoms with Gasteiger partial charge in [0.2, 0.25) is 11.8 Å². The van der Waals surface area contributed by atoms with Gasteiger partial charge in [0.1, 0.15) is 0 Å². The molecule has 2 aromatic rings. The van der Waals surface area contributed by atoms with Crippen molar-refractivity contribution in [1.29, 1.82) is 0 Å². The molecule has 6 nitrogen and oxygen atoms in total. The number of carbonyl (C=O) groups excluding carboxylic acids is 2. The zero-order valence-electron chi connectivity index (χ0n) is 15.3. The van der Waals surface area contributed by atoms with Gasteiger partial charge in [-0.25, -0.2) is 5.43 Å². The van der Waals surface area contributed by atoms with Crippen molar-refractivity contribution in [2.75, 3.05) is 24.3 Å². The number of amides is 2. The molecule has 26 heavy (non-hydrogen) atoms. The highest BCUT2D eigenvalue weighted by Crippen LogP contribution is 2.11. The standard InChI is InChI=1S/C20H24N4O2/c1-15-4-8-17(9-5-15)22-19(25)12-13-20(26)23-21-14-16-6-10-18(11-7-16)24(2)3/h4-11,14H,12-13H2,1-3H3,(H,22,25)(H,23,26)/b21-14-. The molecule has 0 saturated carbocycles. The van der Waals surface area contributed by atoms with Gasteiger partial charge in [-0.05, 0) is 36.8 Å². The lowest BCUT2D eigenvalue weighted by Crippen LogP contribution is -2.20. The minimum absolute atomic E-state index is 0.0780. The first-order valence-corrected chi connectivity index (χ1v) is 8.40. The van der Waals surface area contributed by atoms with Crippen LogP contribution in [0.25, 0.3) is 0 Å². The summed E-state index contributed by atoms with van der Waals surface area (Å²) in [5.41, 5.74) is 6.25. The molecule has 6 heteroatoms. The van der Waals surface area contributed by atoms with Crippen molar-refractivity contribution in [3.63, 3.8) is 0 Å². The molecule has 2 N–H and O–H groups in total. The monoisotopic (exact) mass is 352 g/mol. The molecule has 0 atom stereocenters. The number of rotatable bonds is 7. The average Bonchev–Trinajstić information content (AvgIpc) is 2.62. The van der Waals surface area contributed by atoms with Crippen molar-refractivity contribution in [2.45, 2.75) is 19.8 Å². The maximum Gasteiger partial charge on any atom is 0.240 e. The van der Waals surface area contributed by atoms with E-state index < -0.39 is 0 Å². The third kappa shape index (κ3) is 6.39. The van der Waals surface area contributed by atoms with E-state index in [2.05, 4.69) is 15.8 Å². The third-order valence-corrected chi connectivity index (χ3v) is 3.73. The Balaban J connectivity index is 1.72. The van der Waals surface area contributed by atoms with E-state index in [0.29, 0.717) is 0 Å². The van der Waals surface area contributed by atoms with Gasteiger partial charge in [-0.1, -0.05) is 29.8 Å². The molecular weight excluding hydrogens is 328 g/mol. The zero-order valence-corrected chi connectivity index (χ0v) is 15.3. The van der Waals surface area contributed by atoms with E-state index in [1.54, 1.807) is 6.21 Å². The molecule has 136 valence electrons. The molecule has 0 spiro atoms. The van der Waals surface area contributed by atoms with Gasteiger partial charge < -0.3 is 10.2 Å². The van der Waals surface area contributed by atoms with Crippen molar-refractivity contribution in [3.05, 3.63) is 59.7 Å². The van der Waals surface area contributed by atoms with Gasteiger partial charge in [0.15, 0.2) is 0 Å². The quantitative estimate of drug-likeness (QED) is 0.594. The molecule has 0 radical (unpaired) electrons. The molecule has 0 fully saturated rings. The Morgan fingerprint density at radius 2 is 1.58 bits per heavy atom. The normalized spacial score (nSPS) is 10.6. The predicted octanol–water partition coefficient (Wildman–Crippen LogP) is 2.93. The molecule has 2 aromatic carbocycles. The third-order valence-electron chi connectivity index (χ3n) is 3.73. The smallest absolute Gasteiger partial charge is 0.240 e. The van der Waals surface area contributed by atoms with Crippen LogP contribution < -0.4 is 15.6 Å². The Morgan fingerprint density at radius 1 is 0.962 bits per heavy atom. The van der Waals surface area contributed by atoms with Crippen LogP contribution in [-0.4, -0.2) is 32.1 Å². The van der Waals surface area contributed by atoms with Crippen LogP contribution in [0.1, 0.15) is 24.0 Å². The minimum Gasteiger partial charge on any atom is -0.378 e. The van der Waals surface area contributed by atoms with Gasteiger partial charge in [0.05, 0.1) is 6.21 Å². The fraction of sp³-hybridized carbons (Fsp3) is 0.250. The summed E-state index contributed by atoms with van der Waals surface area (Å²) >= 11 is 0.